The first-order valence-electron chi connectivity index (χ1n) is 4.61. The summed E-state index contributed by atoms with van der Waals surface area (Å²) < 4.78 is 5.25. The van der Waals surface area contributed by atoms with Crippen LogP contribution in [0.3, 0.4) is 0 Å². The van der Waals surface area contributed by atoms with Crippen molar-refractivity contribution in [3.05, 3.63) is 35.4 Å². The molecule has 0 fully saturated rings. The van der Waals surface area contributed by atoms with Gasteiger partial charge in [-0.3, -0.25) is 0 Å². The molecule has 80 valence electrons. The Bertz CT molecular complexity index is 246. The normalized spacial score (nSPS) is 11.9. The molecule has 3 heteroatoms. The molecule has 0 radical (unpaired) electrons. The molecule has 1 aromatic rings. The minimum Gasteiger partial charge on any atom is -0.364 e. The molecular formula is C11H18ClNO. The van der Waals surface area contributed by atoms with Crippen LogP contribution >= 0.6 is 12.4 Å². The molecule has 0 aliphatic carbocycles. The van der Waals surface area contributed by atoms with E-state index in [1.807, 2.05) is 6.92 Å². The average molecular weight is 216 g/mol. The van der Waals surface area contributed by atoms with Crippen LogP contribution in [0.4, 0.5) is 0 Å². The predicted octanol–water partition coefficient (Wildman–Crippen LogP) is 2.28. The Hall–Kier alpha value is -0.570. The molecule has 0 heterocycles. The van der Waals surface area contributed by atoms with E-state index in [-0.39, 0.29) is 18.6 Å². The maximum atomic E-state index is 5.46. The van der Waals surface area contributed by atoms with Crippen molar-refractivity contribution in [1.82, 2.24) is 0 Å². The summed E-state index contributed by atoms with van der Waals surface area (Å²) in [7, 11) is 0. The summed E-state index contributed by atoms with van der Waals surface area (Å²) in [6.45, 7) is 4.62. The van der Waals surface area contributed by atoms with Crippen molar-refractivity contribution in [1.29, 1.82) is 0 Å². The summed E-state index contributed by atoms with van der Waals surface area (Å²) in [5.74, 6) is 0. The molecule has 0 saturated carbocycles. The molecule has 14 heavy (non-hydrogen) atoms. The molecule has 2 N–H and O–H groups in total. The van der Waals surface area contributed by atoms with Gasteiger partial charge in [-0.05, 0) is 25.8 Å². The largest absolute Gasteiger partial charge is 0.364 e. The zero-order valence-electron chi connectivity index (χ0n) is 8.69. The number of hydrogen-bond donors (Lipinski definition) is 1. The molecule has 0 aromatic heterocycles. The fraction of sp³-hybridized carbons (Fsp3) is 0.455. The third-order valence-electron chi connectivity index (χ3n) is 1.89. The molecule has 0 spiro atoms. The van der Waals surface area contributed by atoms with Gasteiger partial charge in [0.05, 0.1) is 6.61 Å². The van der Waals surface area contributed by atoms with E-state index in [2.05, 4.69) is 31.2 Å². The quantitative estimate of drug-likeness (QED) is 0.783. The Morgan fingerprint density at radius 1 is 1.29 bits per heavy atom. The third-order valence-corrected chi connectivity index (χ3v) is 1.89. The molecule has 0 aliphatic rings. The van der Waals surface area contributed by atoms with Gasteiger partial charge in [0.15, 0.2) is 0 Å². The van der Waals surface area contributed by atoms with Crippen LogP contribution in [0.2, 0.25) is 0 Å². The van der Waals surface area contributed by atoms with Gasteiger partial charge < -0.3 is 10.5 Å². The maximum Gasteiger partial charge on any atom is 0.102 e. The van der Waals surface area contributed by atoms with Crippen molar-refractivity contribution in [3.63, 3.8) is 0 Å². The van der Waals surface area contributed by atoms with E-state index in [0.29, 0.717) is 6.61 Å². The topological polar surface area (TPSA) is 35.2 Å². The van der Waals surface area contributed by atoms with Crippen LogP contribution in [0, 0.1) is 6.92 Å². The van der Waals surface area contributed by atoms with Gasteiger partial charge in [0, 0.05) is 0 Å². The molecule has 1 atom stereocenters. The first kappa shape index (κ1) is 13.4. The lowest BCUT2D eigenvalue weighted by molar-refractivity contribution is 0.0731. The van der Waals surface area contributed by atoms with Gasteiger partial charge in [0.25, 0.3) is 0 Å². The lowest BCUT2D eigenvalue weighted by Gasteiger charge is -2.07. The maximum absolute atomic E-state index is 5.46. The van der Waals surface area contributed by atoms with E-state index in [0.717, 1.165) is 6.42 Å². The second kappa shape index (κ2) is 6.82. The Kier molecular flexibility index (Phi) is 6.54. The van der Waals surface area contributed by atoms with Crippen LogP contribution in [0.25, 0.3) is 0 Å². The van der Waals surface area contributed by atoms with Crippen molar-refractivity contribution in [3.8, 4) is 0 Å². The van der Waals surface area contributed by atoms with Gasteiger partial charge in [-0.2, -0.15) is 0 Å². The Labute approximate surface area is 91.9 Å². The monoisotopic (exact) mass is 215 g/mol. The molecule has 0 aliphatic heterocycles. The number of ether oxygens (including phenoxy) is 1. The van der Waals surface area contributed by atoms with E-state index in [9.17, 15) is 0 Å². The number of halogens is 1. The lowest BCUT2D eigenvalue weighted by atomic mass is 10.1. The highest BCUT2D eigenvalue weighted by molar-refractivity contribution is 5.85. The van der Waals surface area contributed by atoms with Gasteiger partial charge in [-0.1, -0.05) is 29.8 Å². The predicted molar refractivity (Wildman–Crippen MR) is 61.7 cm³/mol. The number of rotatable bonds is 4. The molecule has 1 rings (SSSR count). The SMILES string of the molecule is Cc1ccc(CCOC(C)N)cc1.Cl. The Balaban J connectivity index is 0.00000169. The molecule has 1 aromatic carbocycles. The molecule has 0 amide bonds. The highest BCUT2D eigenvalue weighted by Gasteiger charge is 1.95. The molecule has 0 saturated heterocycles. The summed E-state index contributed by atoms with van der Waals surface area (Å²) in [6, 6.07) is 8.47. The number of aryl methyl sites for hydroxylation is 1. The summed E-state index contributed by atoms with van der Waals surface area (Å²) in [6.07, 6.45) is 0.771. The van der Waals surface area contributed by atoms with E-state index in [1.165, 1.54) is 11.1 Å². The number of hydrogen-bond acceptors (Lipinski definition) is 2. The number of nitrogens with two attached hydrogens (primary N) is 1. The van der Waals surface area contributed by atoms with Gasteiger partial charge in [0.2, 0.25) is 0 Å². The minimum absolute atomic E-state index is 0. The molecular weight excluding hydrogens is 198 g/mol. The first-order chi connectivity index (χ1) is 6.18. The standard InChI is InChI=1S/C11H17NO.ClH/c1-9-3-5-11(6-4-9)7-8-13-10(2)12;/h3-6,10H,7-8,12H2,1-2H3;1H. The fourth-order valence-electron chi connectivity index (χ4n) is 1.12. The Morgan fingerprint density at radius 3 is 2.36 bits per heavy atom. The van der Waals surface area contributed by atoms with E-state index >= 15 is 0 Å². The van der Waals surface area contributed by atoms with Gasteiger partial charge in [0.1, 0.15) is 6.23 Å². The van der Waals surface area contributed by atoms with E-state index in [1.54, 1.807) is 0 Å². The second-order valence-electron chi connectivity index (χ2n) is 3.31. The summed E-state index contributed by atoms with van der Waals surface area (Å²) in [5.41, 5.74) is 8.04. The minimum atomic E-state index is -0.162. The number of benzene rings is 1. The average Bonchev–Trinajstić information content (AvgIpc) is 2.08. The highest BCUT2D eigenvalue weighted by Crippen LogP contribution is 2.03. The molecule has 1 unspecified atom stereocenters. The van der Waals surface area contributed by atoms with Gasteiger partial charge >= 0.3 is 0 Å². The smallest absolute Gasteiger partial charge is 0.102 e. The summed E-state index contributed by atoms with van der Waals surface area (Å²) in [5, 5.41) is 0. The van der Waals surface area contributed by atoms with Crippen LogP contribution in [-0.4, -0.2) is 12.8 Å². The van der Waals surface area contributed by atoms with Crippen LogP contribution in [0.5, 0.6) is 0 Å². The van der Waals surface area contributed by atoms with Crippen molar-refractivity contribution < 1.29 is 4.74 Å². The second-order valence-corrected chi connectivity index (χ2v) is 3.31. The van der Waals surface area contributed by atoms with Crippen molar-refractivity contribution in [2.75, 3.05) is 6.61 Å². The van der Waals surface area contributed by atoms with E-state index in [4.69, 9.17) is 10.5 Å². The first-order valence-corrected chi connectivity index (χ1v) is 4.61. The fourth-order valence-corrected chi connectivity index (χ4v) is 1.12. The van der Waals surface area contributed by atoms with Crippen molar-refractivity contribution in [2.24, 2.45) is 5.73 Å². The molecule has 2 nitrogen and oxygen atoms in total. The van der Waals surface area contributed by atoms with Gasteiger partial charge in [-0.25, -0.2) is 0 Å². The zero-order valence-corrected chi connectivity index (χ0v) is 9.51. The van der Waals surface area contributed by atoms with Crippen LogP contribution < -0.4 is 5.73 Å². The summed E-state index contributed by atoms with van der Waals surface area (Å²) in [4.78, 5) is 0. The van der Waals surface area contributed by atoms with E-state index < -0.39 is 0 Å². The van der Waals surface area contributed by atoms with Crippen LogP contribution in [0.15, 0.2) is 24.3 Å². The van der Waals surface area contributed by atoms with Crippen molar-refractivity contribution >= 4 is 12.4 Å². The Morgan fingerprint density at radius 2 is 1.86 bits per heavy atom. The third kappa shape index (κ3) is 5.22. The molecule has 0 bridgehead atoms. The summed E-state index contributed by atoms with van der Waals surface area (Å²) >= 11 is 0. The van der Waals surface area contributed by atoms with Gasteiger partial charge in [-0.15, -0.1) is 12.4 Å². The zero-order chi connectivity index (χ0) is 9.68. The van der Waals surface area contributed by atoms with Crippen LogP contribution in [-0.2, 0) is 11.2 Å². The lowest BCUT2D eigenvalue weighted by Crippen LogP contribution is -2.20. The highest BCUT2D eigenvalue weighted by atomic mass is 35.5. The van der Waals surface area contributed by atoms with Crippen molar-refractivity contribution in [2.45, 2.75) is 26.5 Å². The van der Waals surface area contributed by atoms with Crippen LogP contribution in [0.1, 0.15) is 18.1 Å².